The Hall–Kier alpha value is -1.85. The van der Waals surface area contributed by atoms with Gasteiger partial charge in [0.1, 0.15) is 0 Å². The van der Waals surface area contributed by atoms with Gasteiger partial charge in [-0.3, -0.25) is 9.48 Å². The normalized spacial score (nSPS) is 11.6. The zero-order valence-electron chi connectivity index (χ0n) is 14.8. The molecule has 130 valence electrons. The number of halogens is 1. The lowest BCUT2D eigenvalue weighted by Gasteiger charge is -2.25. The summed E-state index contributed by atoms with van der Waals surface area (Å²) >= 11 is 6.21. The lowest BCUT2D eigenvalue weighted by atomic mass is 10.1. The van der Waals surface area contributed by atoms with Crippen LogP contribution >= 0.6 is 11.6 Å². The highest BCUT2D eigenvalue weighted by Crippen LogP contribution is 2.20. The third kappa shape index (κ3) is 4.16. The SMILES string of the molecule is Cc1nn(Cc2ccccc2Cl)c(C)c1C(=O)N(C)CC(C)(C)O. The summed E-state index contributed by atoms with van der Waals surface area (Å²) in [5.74, 6) is -0.141. The molecule has 1 aromatic carbocycles. The molecule has 6 heteroatoms. The third-order valence-electron chi connectivity index (χ3n) is 3.84. The number of hydrogen-bond donors (Lipinski definition) is 1. The van der Waals surface area contributed by atoms with Gasteiger partial charge < -0.3 is 10.0 Å². The second-order valence-corrected chi connectivity index (χ2v) is 7.18. The molecule has 1 amide bonds. The van der Waals surface area contributed by atoms with Crippen molar-refractivity contribution >= 4 is 17.5 Å². The highest BCUT2D eigenvalue weighted by atomic mass is 35.5. The number of amides is 1. The summed E-state index contributed by atoms with van der Waals surface area (Å²) in [6.45, 7) is 7.81. The highest BCUT2D eigenvalue weighted by Gasteiger charge is 2.25. The van der Waals surface area contributed by atoms with E-state index in [0.29, 0.717) is 22.8 Å². The lowest BCUT2D eigenvalue weighted by Crippen LogP contribution is -2.40. The van der Waals surface area contributed by atoms with E-state index in [1.807, 2.05) is 38.1 Å². The summed E-state index contributed by atoms with van der Waals surface area (Å²) in [7, 11) is 1.69. The van der Waals surface area contributed by atoms with Crippen molar-refractivity contribution in [3.05, 3.63) is 51.8 Å². The molecule has 0 unspecified atom stereocenters. The number of carbonyl (C=O) groups excluding carboxylic acids is 1. The standard InChI is InChI=1S/C18H24ClN3O2/c1-12-16(17(23)21(5)11-18(3,4)24)13(2)22(20-12)10-14-8-6-7-9-15(14)19/h6-9,24H,10-11H2,1-5H3. The summed E-state index contributed by atoms with van der Waals surface area (Å²) in [5.41, 5.74) is 2.05. The van der Waals surface area contributed by atoms with Crippen molar-refractivity contribution in [2.75, 3.05) is 13.6 Å². The number of carbonyl (C=O) groups is 1. The van der Waals surface area contributed by atoms with Crippen LogP contribution in [0.4, 0.5) is 0 Å². The number of aromatic nitrogens is 2. The van der Waals surface area contributed by atoms with Crippen molar-refractivity contribution in [3.63, 3.8) is 0 Å². The van der Waals surface area contributed by atoms with Crippen LogP contribution in [0.5, 0.6) is 0 Å². The topological polar surface area (TPSA) is 58.4 Å². The zero-order chi connectivity index (χ0) is 18.1. The van der Waals surface area contributed by atoms with Gasteiger partial charge in [0.25, 0.3) is 5.91 Å². The first-order valence-electron chi connectivity index (χ1n) is 7.85. The maximum atomic E-state index is 12.7. The van der Waals surface area contributed by atoms with Gasteiger partial charge in [0.2, 0.25) is 0 Å². The molecule has 0 saturated carbocycles. The molecular formula is C18H24ClN3O2. The van der Waals surface area contributed by atoms with Crippen LogP contribution in [0, 0.1) is 13.8 Å². The second kappa shape index (κ2) is 6.95. The average molecular weight is 350 g/mol. The fraction of sp³-hybridized carbons (Fsp3) is 0.444. The fourth-order valence-electron chi connectivity index (χ4n) is 2.79. The van der Waals surface area contributed by atoms with Gasteiger partial charge in [0.05, 0.1) is 23.4 Å². The minimum absolute atomic E-state index is 0.141. The molecule has 0 bridgehead atoms. The summed E-state index contributed by atoms with van der Waals surface area (Å²) in [4.78, 5) is 14.3. The predicted octanol–water partition coefficient (Wildman–Crippen LogP) is 3.04. The molecule has 0 aliphatic rings. The number of hydrogen-bond acceptors (Lipinski definition) is 3. The number of likely N-dealkylation sites (N-methyl/N-ethyl adjacent to an activating group) is 1. The van der Waals surface area contributed by atoms with Gasteiger partial charge in [-0.1, -0.05) is 29.8 Å². The van der Waals surface area contributed by atoms with Gasteiger partial charge in [-0.25, -0.2) is 0 Å². The van der Waals surface area contributed by atoms with Crippen LogP contribution in [0.2, 0.25) is 5.02 Å². The van der Waals surface area contributed by atoms with Crippen molar-refractivity contribution < 1.29 is 9.90 Å². The third-order valence-corrected chi connectivity index (χ3v) is 4.21. The Bertz CT molecular complexity index is 747. The first-order valence-corrected chi connectivity index (χ1v) is 8.23. The van der Waals surface area contributed by atoms with Crippen molar-refractivity contribution in [1.82, 2.24) is 14.7 Å². The van der Waals surface area contributed by atoms with E-state index >= 15 is 0 Å². The van der Waals surface area contributed by atoms with E-state index in [1.165, 1.54) is 4.90 Å². The molecule has 24 heavy (non-hydrogen) atoms. The van der Waals surface area contributed by atoms with Crippen molar-refractivity contribution in [1.29, 1.82) is 0 Å². The molecule has 0 radical (unpaired) electrons. The minimum atomic E-state index is -0.945. The molecular weight excluding hydrogens is 326 g/mol. The van der Waals surface area contributed by atoms with Gasteiger partial charge in [-0.2, -0.15) is 5.10 Å². The Labute approximate surface area is 147 Å². The maximum absolute atomic E-state index is 12.7. The van der Waals surface area contributed by atoms with Crippen LogP contribution in [0.3, 0.4) is 0 Å². The minimum Gasteiger partial charge on any atom is -0.389 e. The number of benzene rings is 1. The van der Waals surface area contributed by atoms with Crippen LogP contribution in [0.1, 0.15) is 41.2 Å². The molecule has 2 rings (SSSR count). The van der Waals surface area contributed by atoms with Gasteiger partial charge in [0.15, 0.2) is 0 Å². The fourth-order valence-corrected chi connectivity index (χ4v) is 2.99. The first-order chi connectivity index (χ1) is 11.1. The zero-order valence-corrected chi connectivity index (χ0v) is 15.6. The van der Waals surface area contributed by atoms with E-state index in [1.54, 1.807) is 25.6 Å². The van der Waals surface area contributed by atoms with Crippen LogP contribution in [-0.2, 0) is 6.54 Å². The predicted molar refractivity (Wildman–Crippen MR) is 95.5 cm³/mol. The first kappa shape index (κ1) is 18.5. The van der Waals surface area contributed by atoms with E-state index in [2.05, 4.69) is 5.10 Å². The molecule has 2 aromatic rings. The Morgan fingerprint density at radius 2 is 1.96 bits per heavy atom. The molecule has 0 aliphatic carbocycles. The summed E-state index contributed by atoms with van der Waals surface area (Å²) in [6, 6.07) is 7.59. The summed E-state index contributed by atoms with van der Waals surface area (Å²) in [5, 5.41) is 15.1. The number of nitrogens with zero attached hydrogens (tertiary/aromatic N) is 3. The quantitative estimate of drug-likeness (QED) is 0.902. The Balaban J connectivity index is 2.29. The van der Waals surface area contributed by atoms with Gasteiger partial charge in [-0.05, 0) is 39.3 Å². The summed E-state index contributed by atoms with van der Waals surface area (Å²) in [6.07, 6.45) is 0. The van der Waals surface area contributed by atoms with Gasteiger partial charge >= 0.3 is 0 Å². The highest BCUT2D eigenvalue weighted by molar-refractivity contribution is 6.31. The molecule has 1 N–H and O–H groups in total. The second-order valence-electron chi connectivity index (χ2n) is 6.77. The Kier molecular flexibility index (Phi) is 5.35. The van der Waals surface area contributed by atoms with E-state index in [9.17, 15) is 9.90 Å². The van der Waals surface area contributed by atoms with Crippen LogP contribution in [0.25, 0.3) is 0 Å². The van der Waals surface area contributed by atoms with Crippen LogP contribution in [-0.4, -0.2) is 44.9 Å². The monoisotopic (exact) mass is 349 g/mol. The molecule has 0 aliphatic heterocycles. The number of aryl methyl sites for hydroxylation is 1. The molecule has 0 spiro atoms. The smallest absolute Gasteiger partial charge is 0.257 e. The average Bonchev–Trinajstić information content (AvgIpc) is 2.73. The molecule has 5 nitrogen and oxygen atoms in total. The van der Waals surface area contributed by atoms with Crippen LogP contribution in [0.15, 0.2) is 24.3 Å². The van der Waals surface area contributed by atoms with Gasteiger partial charge in [0, 0.05) is 24.3 Å². The number of rotatable bonds is 5. The van der Waals surface area contributed by atoms with Crippen LogP contribution < -0.4 is 0 Å². The Morgan fingerprint density at radius 3 is 2.54 bits per heavy atom. The van der Waals surface area contributed by atoms with Crippen molar-refractivity contribution in [3.8, 4) is 0 Å². The maximum Gasteiger partial charge on any atom is 0.257 e. The molecule has 0 saturated heterocycles. The Morgan fingerprint density at radius 1 is 1.33 bits per heavy atom. The summed E-state index contributed by atoms with van der Waals surface area (Å²) < 4.78 is 1.79. The lowest BCUT2D eigenvalue weighted by molar-refractivity contribution is 0.0367. The number of aliphatic hydroxyl groups is 1. The molecule has 1 aromatic heterocycles. The van der Waals surface area contributed by atoms with Gasteiger partial charge in [-0.15, -0.1) is 0 Å². The molecule has 0 atom stereocenters. The van der Waals surface area contributed by atoms with E-state index < -0.39 is 5.60 Å². The van der Waals surface area contributed by atoms with E-state index in [0.717, 1.165) is 11.3 Å². The van der Waals surface area contributed by atoms with E-state index in [4.69, 9.17) is 11.6 Å². The molecule has 1 heterocycles. The van der Waals surface area contributed by atoms with Crippen molar-refractivity contribution in [2.24, 2.45) is 0 Å². The largest absolute Gasteiger partial charge is 0.389 e. The molecule has 0 fully saturated rings. The van der Waals surface area contributed by atoms with Crippen molar-refractivity contribution in [2.45, 2.75) is 39.8 Å². The van der Waals surface area contributed by atoms with E-state index in [-0.39, 0.29) is 12.5 Å².